The average molecular weight is 494 g/mol. The summed E-state index contributed by atoms with van der Waals surface area (Å²) in [6, 6.07) is 8.00. The second-order valence-corrected chi connectivity index (χ2v) is 11.3. The van der Waals surface area contributed by atoms with E-state index in [0.717, 1.165) is 38.5 Å². The summed E-state index contributed by atoms with van der Waals surface area (Å²) in [4.78, 5) is 39.0. The number of carbonyl (C=O) groups excluding carboxylic acids is 3. The minimum atomic E-state index is -0.511. The van der Waals surface area contributed by atoms with E-state index in [1.165, 1.54) is 6.07 Å². The molecule has 0 aromatic heterocycles. The lowest BCUT2D eigenvalue weighted by Gasteiger charge is -2.20. The molecular weight excluding hydrogens is 457 g/mol. The summed E-state index contributed by atoms with van der Waals surface area (Å²) < 4.78 is 15.0. The molecule has 0 spiro atoms. The summed E-state index contributed by atoms with van der Waals surface area (Å²) in [6.45, 7) is 8.21. The number of carbonyl (C=O) groups is 3. The number of hydrogen-bond donors (Lipinski definition) is 3. The molecule has 0 bridgehead atoms. The Balaban J connectivity index is 1.73. The first kappa shape index (κ1) is 25.9. The molecule has 0 unspecified atom stereocenters. The number of hydrogen-bond acceptors (Lipinski definition) is 3. The lowest BCUT2D eigenvalue weighted by molar-refractivity contribution is 0.0932. The van der Waals surface area contributed by atoms with Gasteiger partial charge in [0.25, 0.3) is 17.7 Å². The van der Waals surface area contributed by atoms with Gasteiger partial charge in [0, 0.05) is 35.3 Å². The number of halogens is 1. The molecule has 0 atom stereocenters. The van der Waals surface area contributed by atoms with Gasteiger partial charge < -0.3 is 16.0 Å². The van der Waals surface area contributed by atoms with Crippen LogP contribution in [0, 0.1) is 18.2 Å². The molecule has 2 aromatic rings. The molecule has 2 fully saturated rings. The molecule has 2 aliphatic carbocycles. The van der Waals surface area contributed by atoms with Crippen LogP contribution in [0.25, 0.3) is 11.1 Å². The molecule has 192 valence electrons. The summed E-state index contributed by atoms with van der Waals surface area (Å²) in [5.41, 5.74) is 2.10. The van der Waals surface area contributed by atoms with Crippen molar-refractivity contribution >= 4 is 17.7 Å². The van der Waals surface area contributed by atoms with Crippen LogP contribution in [0.4, 0.5) is 4.39 Å². The first-order valence-corrected chi connectivity index (χ1v) is 12.9. The maximum atomic E-state index is 15.0. The highest BCUT2D eigenvalue weighted by Gasteiger charge is 2.26. The first-order valence-electron chi connectivity index (χ1n) is 12.9. The predicted molar refractivity (Wildman–Crippen MR) is 139 cm³/mol. The van der Waals surface area contributed by atoms with Crippen LogP contribution in [0.1, 0.15) is 95.9 Å². The van der Waals surface area contributed by atoms with Gasteiger partial charge in [-0.15, -0.1) is 0 Å². The average Bonchev–Trinajstić information content (AvgIpc) is 3.49. The molecule has 3 N–H and O–H groups in total. The normalized spacial score (nSPS) is 16.0. The fourth-order valence-corrected chi connectivity index (χ4v) is 4.48. The van der Waals surface area contributed by atoms with Crippen LogP contribution in [0.5, 0.6) is 0 Å². The lowest BCUT2D eigenvalue weighted by atomic mass is 9.91. The molecule has 2 aromatic carbocycles. The van der Waals surface area contributed by atoms with Gasteiger partial charge in [0.05, 0.1) is 0 Å². The van der Waals surface area contributed by atoms with Crippen LogP contribution >= 0.6 is 0 Å². The number of amides is 3. The van der Waals surface area contributed by atoms with E-state index < -0.39 is 5.82 Å². The van der Waals surface area contributed by atoms with Crippen molar-refractivity contribution < 1.29 is 18.8 Å². The van der Waals surface area contributed by atoms with Gasteiger partial charge in [-0.1, -0.05) is 39.7 Å². The number of nitrogens with one attached hydrogen (secondary N) is 3. The zero-order valence-electron chi connectivity index (χ0n) is 21.6. The largest absolute Gasteiger partial charge is 0.352 e. The number of rotatable bonds is 7. The summed E-state index contributed by atoms with van der Waals surface area (Å²) >= 11 is 0. The number of benzene rings is 2. The maximum Gasteiger partial charge on any atom is 0.252 e. The van der Waals surface area contributed by atoms with Gasteiger partial charge in [-0.3, -0.25) is 14.4 Å². The summed E-state index contributed by atoms with van der Waals surface area (Å²) in [7, 11) is 0. The van der Waals surface area contributed by atoms with Crippen molar-refractivity contribution in [1.29, 1.82) is 0 Å². The Kier molecular flexibility index (Phi) is 7.48. The Hall–Kier alpha value is -3.22. The monoisotopic (exact) mass is 493 g/mol. The van der Waals surface area contributed by atoms with Crippen LogP contribution in [0.15, 0.2) is 30.3 Å². The highest BCUT2D eigenvalue weighted by atomic mass is 19.1. The smallest absolute Gasteiger partial charge is 0.252 e. The second-order valence-electron chi connectivity index (χ2n) is 11.3. The molecule has 4 rings (SSSR count). The summed E-state index contributed by atoms with van der Waals surface area (Å²) in [5, 5.41) is 8.91. The summed E-state index contributed by atoms with van der Waals surface area (Å²) in [5.74, 6) is -1.41. The van der Waals surface area contributed by atoms with Crippen LogP contribution in [-0.2, 0) is 0 Å². The van der Waals surface area contributed by atoms with Gasteiger partial charge in [0.1, 0.15) is 5.82 Å². The van der Waals surface area contributed by atoms with E-state index in [2.05, 4.69) is 16.0 Å². The molecule has 0 aliphatic heterocycles. The molecular formula is C29H36FN3O3. The van der Waals surface area contributed by atoms with Gasteiger partial charge in [-0.2, -0.15) is 0 Å². The standard InChI is InChI=1S/C29H36FN3O3/c1-17-23(14-19(15-25(17)30)27(35)32-21-10-11-21)22-12-9-18(26(34)31-16-29(2,3)4)13-24(22)28(36)33-20-7-5-6-8-20/h9,12-15,20-21H,5-8,10-11,16H2,1-4H3,(H,31,34)(H,32,35)(H,33,36). The van der Waals surface area contributed by atoms with Crippen LogP contribution in [0.2, 0.25) is 0 Å². The molecule has 6 nitrogen and oxygen atoms in total. The van der Waals surface area contributed by atoms with E-state index in [-0.39, 0.29) is 40.8 Å². The molecule has 2 aliphatic rings. The summed E-state index contributed by atoms with van der Waals surface area (Å²) in [6.07, 6.45) is 5.81. The zero-order valence-corrected chi connectivity index (χ0v) is 21.6. The van der Waals surface area contributed by atoms with E-state index >= 15 is 0 Å². The molecule has 7 heteroatoms. The van der Waals surface area contributed by atoms with Gasteiger partial charge in [0.2, 0.25) is 0 Å². The molecule has 0 radical (unpaired) electrons. The Bertz CT molecular complexity index is 1180. The van der Waals surface area contributed by atoms with Crippen molar-refractivity contribution in [3.05, 3.63) is 58.4 Å². The third-order valence-corrected chi connectivity index (χ3v) is 6.81. The Labute approximate surface area is 212 Å². The molecule has 3 amide bonds. The Morgan fingerprint density at radius 2 is 1.47 bits per heavy atom. The maximum absolute atomic E-state index is 15.0. The SMILES string of the molecule is Cc1c(F)cc(C(=O)NC2CC2)cc1-c1ccc(C(=O)NCC(C)(C)C)cc1C(=O)NC1CCCC1. The highest BCUT2D eigenvalue weighted by molar-refractivity contribution is 6.05. The zero-order chi connectivity index (χ0) is 26.0. The third-order valence-electron chi connectivity index (χ3n) is 6.81. The van der Waals surface area contributed by atoms with E-state index in [4.69, 9.17) is 0 Å². The topological polar surface area (TPSA) is 87.3 Å². The van der Waals surface area contributed by atoms with E-state index in [1.807, 2.05) is 20.8 Å². The van der Waals surface area contributed by atoms with Crippen LogP contribution in [-0.4, -0.2) is 36.3 Å². The van der Waals surface area contributed by atoms with Gasteiger partial charge in [-0.05, 0) is 79.0 Å². The third kappa shape index (κ3) is 6.31. The van der Waals surface area contributed by atoms with Gasteiger partial charge in [-0.25, -0.2) is 4.39 Å². The van der Waals surface area contributed by atoms with Crippen LogP contribution < -0.4 is 16.0 Å². The Morgan fingerprint density at radius 3 is 2.11 bits per heavy atom. The van der Waals surface area contributed by atoms with E-state index in [1.54, 1.807) is 31.2 Å². The second kappa shape index (κ2) is 10.4. The fourth-order valence-electron chi connectivity index (χ4n) is 4.48. The van der Waals surface area contributed by atoms with Gasteiger partial charge >= 0.3 is 0 Å². The van der Waals surface area contributed by atoms with E-state index in [0.29, 0.717) is 34.4 Å². The van der Waals surface area contributed by atoms with Crippen molar-refractivity contribution in [2.24, 2.45) is 5.41 Å². The Morgan fingerprint density at radius 1 is 0.833 bits per heavy atom. The van der Waals surface area contributed by atoms with E-state index in [9.17, 15) is 18.8 Å². The van der Waals surface area contributed by atoms with Crippen molar-refractivity contribution in [3.63, 3.8) is 0 Å². The predicted octanol–water partition coefficient (Wildman–Crippen LogP) is 5.14. The molecule has 36 heavy (non-hydrogen) atoms. The minimum absolute atomic E-state index is 0.0808. The quantitative estimate of drug-likeness (QED) is 0.499. The van der Waals surface area contributed by atoms with Crippen molar-refractivity contribution in [3.8, 4) is 11.1 Å². The molecule has 0 heterocycles. The van der Waals surface area contributed by atoms with Crippen molar-refractivity contribution in [2.75, 3.05) is 6.54 Å². The fraction of sp³-hybridized carbons (Fsp3) is 0.483. The highest BCUT2D eigenvalue weighted by Crippen LogP contribution is 2.32. The lowest BCUT2D eigenvalue weighted by Crippen LogP contribution is -2.34. The van der Waals surface area contributed by atoms with Crippen LogP contribution in [0.3, 0.4) is 0 Å². The molecule has 0 saturated heterocycles. The van der Waals surface area contributed by atoms with Crippen molar-refractivity contribution in [2.45, 2.75) is 78.3 Å². The van der Waals surface area contributed by atoms with Crippen molar-refractivity contribution in [1.82, 2.24) is 16.0 Å². The first-order chi connectivity index (χ1) is 17.0. The van der Waals surface area contributed by atoms with Gasteiger partial charge in [0.15, 0.2) is 0 Å². The molecule has 2 saturated carbocycles. The minimum Gasteiger partial charge on any atom is -0.352 e.